The predicted octanol–water partition coefficient (Wildman–Crippen LogP) is 4.23. The van der Waals surface area contributed by atoms with E-state index < -0.39 is 0 Å². The molecule has 5 nitrogen and oxygen atoms in total. The maximum absolute atomic E-state index is 12.3. The van der Waals surface area contributed by atoms with Gasteiger partial charge in [-0.25, -0.2) is 4.79 Å². The van der Waals surface area contributed by atoms with Crippen LogP contribution >= 0.6 is 0 Å². The van der Waals surface area contributed by atoms with Gasteiger partial charge in [0.15, 0.2) is 5.76 Å². The van der Waals surface area contributed by atoms with Gasteiger partial charge in [0.25, 0.3) is 0 Å². The molecule has 0 amide bonds. The second kappa shape index (κ2) is 8.48. The molecule has 0 bridgehead atoms. The molecule has 1 aliphatic carbocycles. The number of benzene rings is 1. The number of rotatable bonds is 5. The third-order valence-electron chi connectivity index (χ3n) is 5.56. The van der Waals surface area contributed by atoms with Crippen LogP contribution < -0.4 is 0 Å². The van der Waals surface area contributed by atoms with Crippen LogP contribution in [0.3, 0.4) is 0 Å². The number of allylic oxidation sites excluding steroid dienone is 3. The number of nitrogens with zero attached hydrogens (tertiary/aromatic N) is 1. The smallest absolute Gasteiger partial charge is 0.338 e. The molecular weight excluding hydrogens is 354 g/mol. The Morgan fingerprint density at radius 3 is 2.96 bits per heavy atom. The van der Waals surface area contributed by atoms with Crippen molar-refractivity contribution in [1.82, 2.24) is 4.90 Å². The average Bonchev–Trinajstić information content (AvgIpc) is 2.77. The fraction of sp³-hybridized carbons (Fsp3) is 0.348. The molecule has 0 N–H and O–H groups in total. The molecule has 2 heterocycles. The van der Waals surface area contributed by atoms with Crippen molar-refractivity contribution < 1.29 is 19.0 Å². The standard InChI is InChI=1S/C23H25NO4/c1-26-23(25)19-9-5-8-18-10-11-24(15-20(18)19)21(22-16-27-12-13-28-22)14-17-6-3-2-4-7-17/h2-3,5-6,8-9,12-13,16,21H,4,7,10-11,14-15H2,1H3. The summed E-state index contributed by atoms with van der Waals surface area (Å²) in [4.78, 5) is 14.6. The van der Waals surface area contributed by atoms with Crippen molar-refractivity contribution in [3.05, 3.63) is 83.2 Å². The van der Waals surface area contributed by atoms with Crippen LogP contribution in [0.2, 0.25) is 0 Å². The molecule has 0 radical (unpaired) electrons. The molecule has 28 heavy (non-hydrogen) atoms. The molecule has 0 fully saturated rings. The summed E-state index contributed by atoms with van der Waals surface area (Å²) < 4.78 is 16.2. The molecule has 0 spiro atoms. The van der Waals surface area contributed by atoms with Crippen molar-refractivity contribution in [1.29, 1.82) is 0 Å². The van der Waals surface area contributed by atoms with E-state index >= 15 is 0 Å². The van der Waals surface area contributed by atoms with Gasteiger partial charge in [0.1, 0.15) is 18.8 Å². The lowest BCUT2D eigenvalue weighted by atomic mass is 9.91. The number of carbonyl (C=O) groups excluding carboxylic acids is 1. The third kappa shape index (κ3) is 3.90. The molecule has 1 aromatic carbocycles. The van der Waals surface area contributed by atoms with Gasteiger partial charge in [0, 0.05) is 13.1 Å². The van der Waals surface area contributed by atoms with E-state index in [9.17, 15) is 4.79 Å². The largest absolute Gasteiger partial charge is 0.466 e. The van der Waals surface area contributed by atoms with Crippen molar-refractivity contribution in [3.8, 4) is 0 Å². The Morgan fingerprint density at radius 1 is 1.29 bits per heavy atom. The fourth-order valence-electron chi connectivity index (χ4n) is 4.08. The highest BCUT2D eigenvalue weighted by atomic mass is 16.5. The first-order valence-corrected chi connectivity index (χ1v) is 9.71. The van der Waals surface area contributed by atoms with Crippen LogP contribution in [-0.2, 0) is 27.2 Å². The van der Waals surface area contributed by atoms with Crippen LogP contribution in [0.1, 0.15) is 40.7 Å². The van der Waals surface area contributed by atoms with Crippen molar-refractivity contribution in [2.45, 2.75) is 38.3 Å². The molecule has 0 aromatic heterocycles. The number of hydrogen-bond donors (Lipinski definition) is 0. The molecule has 1 unspecified atom stereocenters. The minimum atomic E-state index is -0.283. The lowest BCUT2D eigenvalue weighted by Gasteiger charge is -2.37. The van der Waals surface area contributed by atoms with Gasteiger partial charge in [0.05, 0.1) is 18.7 Å². The highest BCUT2D eigenvalue weighted by molar-refractivity contribution is 5.91. The first-order valence-electron chi connectivity index (χ1n) is 9.71. The van der Waals surface area contributed by atoms with E-state index in [1.807, 2.05) is 12.1 Å². The van der Waals surface area contributed by atoms with Crippen molar-refractivity contribution in [3.63, 3.8) is 0 Å². The van der Waals surface area contributed by atoms with E-state index in [4.69, 9.17) is 14.2 Å². The fourth-order valence-corrected chi connectivity index (χ4v) is 4.08. The van der Waals surface area contributed by atoms with E-state index in [1.165, 1.54) is 24.5 Å². The highest BCUT2D eigenvalue weighted by Gasteiger charge is 2.31. The van der Waals surface area contributed by atoms with E-state index in [2.05, 4.69) is 29.2 Å². The zero-order valence-electron chi connectivity index (χ0n) is 16.1. The molecule has 4 rings (SSSR count). The Bertz CT molecular complexity index is 865. The van der Waals surface area contributed by atoms with Crippen molar-refractivity contribution in [2.24, 2.45) is 0 Å². The van der Waals surface area contributed by atoms with Gasteiger partial charge in [-0.05, 0) is 42.9 Å². The van der Waals surface area contributed by atoms with Crippen LogP contribution in [0.15, 0.2) is 66.5 Å². The number of esters is 1. The summed E-state index contributed by atoms with van der Waals surface area (Å²) in [6.45, 7) is 1.58. The summed E-state index contributed by atoms with van der Waals surface area (Å²) in [6, 6.07) is 5.94. The number of carbonyl (C=O) groups is 1. The Balaban J connectivity index is 1.62. The van der Waals surface area contributed by atoms with Crippen LogP contribution in [0, 0.1) is 0 Å². The van der Waals surface area contributed by atoms with Gasteiger partial charge in [-0.1, -0.05) is 35.9 Å². The van der Waals surface area contributed by atoms with Crippen molar-refractivity contribution in [2.75, 3.05) is 13.7 Å². The van der Waals surface area contributed by atoms with Crippen molar-refractivity contribution >= 4 is 5.97 Å². The predicted molar refractivity (Wildman–Crippen MR) is 106 cm³/mol. The topological polar surface area (TPSA) is 48.0 Å². The van der Waals surface area contributed by atoms with Gasteiger partial charge in [0.2, 0.25) is 0 Å². The Kier molecular flexibility index (Phi) is 5.63. The Labute approximate surface area is 165 Å². The minimum absolute atomic E-state index is 0.0570. The zero-order chi connectivity index (χ0) is 19.3. The molecular formula is C23H25NO4. The van der Waals surface area contributed by atoms with E-state index in [1.54, 1.807) is 12.5 Å². The van der Waals surface area contributed by atoms with Gasteiger partial charge < -0.3 is 14.2 Å². The SMILES string of the molecule is COC(=O)c1cccc2c1CN(C(CC1=CC=CCC1)C1=COC=CO1)CC2. The molecule has 5 heteroatoms. The lowest BCUT2D eigenvalue weighted by molar-refractivity contribution is 0.0595. The van der Waals surface area contributed by atoms with E-state index in [0.29, 0.717) is 12.1 Å². The van der Waals surface area contributed by atoms with E-state index in [0.717, 1.165) is 43.6 Å². The molecule has 0 saturated carbocycles. The van der Waals surface area contributed by atoms with Crippen LogP contribution in [0.25, 0.3) is 0 Å². The quantitative estimate of drug-likeness (QED) is 0.717. The number of methoxy groups -OCH3 is 1. The maximum atomic E-state index is 12.3. The summed E-state index contributed by atoms with van der Waals surface area (Å²) >= 11 is 0. The molecule has 3 aliphatic rings. The maximum Gasteiger partial charge on any atom is 0.338 e. The second-order valence-corrected chi connectivity index (χ2v) is 7.21. The molecule has 2 aliphatic heterocycles. The van der Waals surface area contributed by atoms with Crippen LogP contribution in [-0.4, -0.2) is 30.6 Å². The second-order valence-electron chi connectivity index (χ2n) is 7.21. The number of fused-ring (bicyclic) bond motifs is 1. The summed E-state index contributed by atoms with van der Waals surface area (Å²) in [7, 11) is 1.43. The van der Waals surface area contributed by atoms with Gasteiger partial charge in [-0.15, -0.1) is 0 Å². The first-order chi connectivity index (χ1) is 13.8. The Morgan fingerprint density at radius 2 is 2.21 bits per heavy atom. The van der Waals surface area contributed by atoms with Gasteiger partial charge >= 0.3 is 5.97 Å². The summed E-state index contributed by atoms with van der Waals surface area (Å²) in [5.74, 6) is 0.520. The summed E-state index contributed by atoms with van der Waals surface area (Å²) in [5.41, 5.74) is 4.32. The lowest BCUT2D eigenvalue weighted by Crippen LogP contribution is -2.42. The number of hydrogen-bond acceptors (Lipinski definition) is 5. The molecule has 1 aromatic rings. The van der Waals surface area contributed by atoms with Crippen LogP contribution in [0.4, 0.5) is 0 Å². The normalized spacial score (nSPS) is 19.6. The monoisotopic (exact) mass is 379 g/mol. The molecule has 0 saturated heterocycles. The van der Waals surface area contributed by atoms with Gasteiger partial charge in [-0.2, -0.15) is 0 Å². The van der Waals surface area contributed by atoms with Gasteiger partial charge in [-0.3, -0.25) is 4.90 Å². The summed E-state index contributed by atoms with van der Waals surface area (Å²) in [6.07, 6.45) is 15.2. The van der Waals surface area contributed by atoms with Crippen LogP contribution in [0.5, 0.6) is 0 Å². The minimum Gasteiger partial charge on any atom is -0.466 e. The molecule has 1 atom stereocenters. The average molecular weight is 379 g/mol. The Hall–Kier alpha value is -2.79. The highest BCUT2D eigenvalue weighted by Crippen LogP contribution is 2.31. The first kappa shape index (κ1) is 18.6. The van der Waals surface area contributed by atoms with E-state index in [-0.39, 0.29) is 12.0 Å². The summed E-state index contributed by atoms with van der Waals surface area (Å²) in [5, 5.41) is 0. The zero-order valence-corrected chi connectivity index (χ0v) is 16.1. The third-order valence-corrected chi connectivity index (χ3v) is 5.56. The number of ether oxygens (including phenoxy) is 3. The molecule has 146 valence electrons.